The van der Waals surface area contributed by atoms with Gasteiger partial charge in [0.05, 0.1) is 5.69 Å². The van der Waals surface area contributed by atoms with Gasteiger partial charge in [0.2, 0.25) is 0 Å². The third-order valence-electron chi connectivity index (χ3n) is 2.11. The molecule has 0 saturated carbocycles. The van der Waals surface area contributed by atoms with Gasteiger partial charge in [-0.05, 0) is 19.1 Å². The van der Waals surface area contributed by atoms with Crippen LogP contribution in [0.25, 0.3) is 5.65 Å². The largest absolute Gasteiger partial charge is 0.396 e. The predicted molar refractivity (Wildman–Crippen MR) is 50.7 cm³/mol. The van der Waals surface area contributed by atoms with Crippen LogP contribution >= 0.6 is 0 Å². The van der Waals surface area contributed by atoms with Crippen LogP contribution in [-0.4, -0.2) is 21.1 Å². The summed E-state index contributed by atoms with van der Waals surface area (Å²) in [7, 11) is 0. The Bertz CT molecular complexity index is 420. The van der Waals surface area contributed by atoms with Gasteiger partial charge in [0.1, 0.15) is 5.65 Å². The summed E-state index contributed by atoms with van der Waals surface area (Å²) in [6.07, 6.45) is 2.60. The molecule has 0 amide bonds. The number of hydrogen-bond donors (Lipinski definition) is 1. The van der Waals surface area contributed by atoms with Crippen LogP contribution in [0.2, 0.25) is 0 Å². The summed E-state index contributed by atoms with van der Waals surface area (Å²) < 4.78 is 2.03. The first-order valence-corrected chi connectivity index (χ1v) is 4.36. The highest BCUT2D eigenvalue weighted by Gasteiger charge is 2.01. The van der Waals surface area contributed by atoms with E-state index in [1.807, 2.05) is 35.7 Å². The van der Waals surface area contributed by atoms with E-state index in [0.717, 1.165) is 17.0 Å². The maximum atomic E-state index is 8.76. The maximum Gasteiger partial charge on any atom is 0.137 e. The van der Waals surface area contributed by atoms with Crippen LogP contribution in [-0.2, 0) is 6.42 Å². The van der Waals surface area contributed by atoms with Gasteiger partial charge in [-0.15, -0.1) is 0 Å². The van der Waals surface area contributed by atoms with Gasteiger partial charge in [-0.3, -0.25) is 0 Å². The second kappa shape index (κ2) is 3.18. The topological polar surface area (TPSA) is 37.5 Å². The van der Waals surface area contributed by atoms with Crippen LogP contribution < -0.4 is 0 Å². The fraction of sp³-hybridized carbons (Fsp3) is 0.300. The third kappa shape index (κ3) is 1.42. The molecule has 0 spiro atoms. The number of fused-ring (bicyclic) bond motifs is 1. The van der Waals surface area contributed by atoms with Gasteiger partial charge in [-0.1, -0.05) is 6.07 Å². The highest BCUT2D eigenvalue weighted by molar-refractivity contribution is 5.41. The normalized spacial score (nSPS) is 10.9. The Morgan fingerprint density at radius 3 is 3.00 bits per heavy atom. The van der Waals surface area contributed by atoms with Crippen molar-refractivity contribution in [1.82, 2.24) is 9.38 Å². The molecule has 0 unspecified atom stereocenters. The second-order valence-corrected chi connectivity index (χ2v) is 3.10. The van der Waals surface area contributed by atoms with Crippen molar-refractivity contribution in [2.24, 2.45) is 0 Å². The molecule has 2 heterocycles. The predicted octanol–water partition coefficient (Wildman–Crippen LogP) is 1.18. The Balaban J connectivity index is 2.55. The van der Waals surface area contributed by atoms with E-state index in [0.29, 0.717) is 6.42 Å². The van der Waals surface area contributed by atoms with E-state index in [1.165, 1.54) is 0 Å². The highest BCUT2D eigenvalue weighted by atomic mass is 16.3. The lowest BCUT2D eigenvalue weighted by Crippen LogP contribution is -1.89. The van der Waals surface area contributed by atoms with E-state index < -0.39 is 0 Å². The molecule has 0 radical (unpaired) electrons. The minimum absolute atomic E-state index is 0.156. The van der Waals surface area contributed by atoms with Crippen LogP contribution in [0.5, 0.6) is 0 Å². The lowest BCUT2D eigenvalue weighted by molar-refractivity contribution is 0.298. The molecule has 0 aliphatic heterocycles. The first kappa shape index (κ1) is 8.26. The Morgan fingerprint density at radius 1 is 1.46 bits per heavy atom. The van der Waals surface area contributed by atoms with Crippen LogP contribution in [0, 0.1) is 6.92 Å². The molecule has 2 rings (SSSR count). The number of pyridine rings is 1. The van der Waals surface area contributed by atoms with Crippen molar-refractivity contribution >= 4 is 5.65 Å². The van der Waals surface area contributed by atoms with E-state index in [9.17, 15) is 0 Å². The van der Waals surface area contributed by atoms with Gasteiger partial charge in [0.25, 0.3) is 0 Å². The monoisotopic (exact) mass is 176 g/mol. The molecule has 0 aliphatic rings. The van der Waals surface area contributed by atoms with Crippen molar-refractivity contribution in [1.29, 1.82) is 0 Å². The molecule has 2 aromatic heterocycles. The lowest BCUT2D eigenvalue weighted by Gasteiger charge is -1.95. The Labute approximate surface area is 76.7 Å². The quantitative estimate of drug-likeness (QED) is 0.746. The smallest absolute Gasteiger partial charge is 0.137 e. The number of imidazole rings is 1. The zero-order valence-corrected chi connectivity index (χ0v) is 7.57. The van der Waals surface area contributed by atoms with E-state index in [4.69, 9.17) is 5.11 Å². The molecule has 0 aromatic carbocycles. The summed E-state index contributed by atoms with van der Waals surface area (Å²) in [6.45, 7) is 2.19. The SMILES string of the molecule is Cc1cccc2nc(CCO)cn12. The van der Waals surface area contributed by atoms with Gasteiger partial charge in [0, 0.05) is 24.9 Å². The summed E-state index contributed by atoms with van der Waals surface area (Å²) in [4.78, 5) is 4.37. The van der Waals surface area contributed by atoms with Crippen molar-refractivity contribution in [3.63, 3.8) is 0 Å². The fourth-order valence-corrected chi connectivity index (χ4v) is 1.43. The number of nitrogens with zero attached hydrogens (tertiary/aromatic N) is 2. The van der Waals surface area contributed by atoms with Gasteiger partial charge in [0.15, 0.2) is 0 Å². The average Bonchev–Trinajstić information content (AvgIpc) is 2.49. The first-order valence-electron chi connectivity index (χ1n) is 4.36. The molecule has 0 saturated heterocycles. The van der Waals surface area contributed by atoms with Gasteiger partial charge >= 0.3 is 0 Å². The van der Waals surface area contributed by atoms with E-state index in [1.54, 1.807) is 0 Å². The number of hydrogen-bond acceptors (Lipinski definition) is 2. The number of rotatable bonds is 2. The third-order valence-corrected chi connectivity index (χ3v) is 2.11. The highest BCUT2D eigenvalue weighted by Crippen LogP contribution is 2.08. The summed E-state index contributed by atoms with van der Waals surface area (Å²) in [5.41, 5.74) is 3.05. The Morgan fingerprint density at radius 2 is 2.31 bits per heavy atom. The molecule has 2 aromatic rings. The zero-order valence-electron chi connectivity index (χ0n) is 7.57. The molecule has 3 nitrogen and oxygen atoms in total. The lowest BCUT2D eigenvalue weighted by atomic mass is 10.3. The molecule has 68 valence electrons. The fourth-order valence-electron chi connectivity index (χ4n) is 1.43. The van der Waals surface area contributed by atoms with E-state index in [-0.39, 0.29) is 6.61 Å². The Kier molecular flexibility index (Phi) is 2.02. The van der Waals surface area contributed by atoms with Crippen LogP contribution in [0.3, 0.4) is 0 Å². The average molecular weight is 176 g/mol. The molecular formula is C10H12N2O. The molecule has 0 bridgehead atoms. The number of aromatic nitrogens is 2. The molecule has 0 aliphatic carbocycles. The van der Waals surface area contributed by atoms with Crippen molar-refractivity contribution in [3.8, 4) is 0 Å². The van der Waals surface area contributed by atoms with Gasteiger partial charge in [-0.25, -0.2) is 4.98 Å². The van der Waals surface area contributed by atoms with E-state index >= 15 is 0 Å². The molecule has 0 atom stereocenters. The molecule has 1 N–H and O–H groups in total. The summed E-state index contributed by atoms with van der Waals surface area (Å²) in [5.74, 6) is 0. The summed E-state index contributed by atoms with van der Waals surface area (Å²) >= 11 is 0. The number of aryl methyl sites for hydroxylation is 1. The van der Waals surface area contributed by atoms with Crippen LogP contribution in [0.15, 0.2) is 24.4 Å². The van der Waals surface area contributed by atoms with E-state index in [2.05, 4.69) is 4.98 Å². The van der Waals surface area contributed by atoms with Crippen molar-refractivity contribution in [2.45, 2.75) is 13.3 Å². The molecular weight excluding hydrogens is 164 g/mol. The van der Waals surface area contributed by atoms with Crippen LogP contribution in [0.4, 0.5) is 0 Å². The Hall–Kier alpha value is -1.35. The molecule has 0 fully saturated rings. The van der Waals surface area contributed by atoms with Crippen molar-refractivity contribution in [2.75, 3.05) is 6.61 Å². The molecule has 13 heavy (non-hydrogen) atoms. The van der Waals surface area contributed by atoms with Crippen LogP contribution in [0.1, 0.15) is 11.4 Å². The van der Waals surface area contributed by atoms with Gasteiger partial charge < -0.3 is 9.51 Å². The standard InChI is InChI=1S/C10H12N2O/c1-8-3-2-4-10-11-9(5-6-13)7-12(8)10/h2-4,7,13H,5-6H2,1H3. The zero-order chi connectivity index (χ0) is 9.26. The number of aliphatic hydroxyl groups excluding tert-OH is 1. The number of aliphatic hydroxyl groups is 1. The summed E-state index contributed by atoms with van der Waals surface area (Å²) in [6, 6.07) is 5.99. The first-order chi connectivity index (χ1) is 6.31. The van der Waals surface area contributed by atoms with Crippen molar-refractivity contribution < 1.29 is 5.11 Å². The molecule has 3 heteroatoms. The van der Waals surface area contributed by atoms with Gasteiger partial charge in [-0.2, -0.15) is 0 Å². The maximum absolute atomic E-state index is 8.76. The minimum atomic E-state index is 0.156. The summed E-state index contributed by atoms with van der Waals surface area (Å²) in [5, 5.41) is 8.76. The minimum Gasteiger partial charge on any atom is -0.396 e. The van der Waals surface area contributed by atoms with Crippen molar-refractivity contribution in [3.05, 3.63) is 35.8 Å². The second-order valence-electron chi connectivity index (χ2n) is 3.10.